The molecule has 3 aromatic carbocycles. The number of nitrogens with one attached hydrogen (secondary N) is 2. The molecule has 1 aromatic heterocycles. The zero-order chi connectivity index (χ0) is 37.8. The van der Waals surface area contributed by atoms with Crippen molar-refractivity contribution in [2.45, 2.75) is 78.2 Å². The number of amides is 3. The first-order valence-corrected chi connectivity index (χ1v) is 17.1. The van der Waals surface area contributed by atoms with E-state index in [1.807, 2.05) is 75.4 Å². The largest absolute Gasteiger partial charge is 0.497 e. The SMILES string of the molecule is COc1ccc2c(O[C@@H]3CC(C(=O)Nc4ccccc4CC(=O)O)N(C(=O)[C@@H](NC(=O)OC(C)(C)C)C(C)(C)C)C3)cc(-c3ccccc3)nc2c1. The number of para-hydroxylation sites is 1. The van der Waals surface area contributed by atoms with Gasteiger partial charge in [0.05, 0.1) is 31.3 Å². The minimum atomic E-state index is -1.06. The van der Waals surface area contributed by atoms with E-state index in [4.69, 9.17) is 19.2 Å². The van der Waals surface area contributed by atoms with E-state index in [-0.39, 0.29) is 19.4 Å². The van der Waals surface area contributed by atoms with Crippen molar-refractivity contribution in [3.8, 4) is 22.8 Å². The summed E-state index contributed by atoms with van der Waals surface area (Å²) in [6, 6.07) is 21.5. The Labute approximate surface area is 303 Å². The molecule has 4 aromatic rings. The number of methoxy groups -OCH3 is 1. The summed E-state index contributed by atoms with van der Waals surface area (Å²) in [4.78, 5) is 59.5. The van der Waals surface area contributed by atoms with Crippen molar-refractivity contribution in [1.82, 2.24) is 15.2 Å². The zero-order valence-corrected chi connectivity index (χ0v) is 30.6. The van der Waals surface area contributed by atoms with Crippen LogP contribution in [0.3, 0.4) is 0 Å². The Balaban J connectivity index is 1.52. The number of fused-ring (bicyclic) bond motifs is 1. The lowest BCUT2D eigenvalue weighted by Crippen LogP contribution is -2.57. The van der Waals surface area contributed by atoms with Crippen LogP contribution >= 0.6 is 0 Å². The average Bonchev–Trinajstić information content (AvgIpc) is 3.50. The van der Waals surface area contributed by atoms with Crippen molar-refractivity contribution in [3.05, 3.63) is 84.4 Å². The summed E-state index contributed by atoms with van der Waals surface area (Å²) >= 11 is 0. The summed E-state index contributed by atoms with van der Waals surface area (Å²) in [5.41, 5.74) is 1.35. The fourth-order valence-corrected chi connectivity index (χ4v) is 6.13. The number of ether oxygens (including phenoxy) is 3. The van der Waals surface area contributed by atoms with Crippen molar-refractivity contribution in [2.75, 3.05) is 19.0 Å². The number of carbonyl (C=O) groups is 4. The third-order valence-corrected chi connectivity index (χ3v) is 8.58. The molecule has 1 fully saturated rings. The highest BCUT2D eigenvalue weighted by molar-refractivity contribution is 6.00. The number of aromatic nitrogens is 1. The number of benzene rings is 3. The predicted molar refractivity (Wildman–Crippen MR) is 197 cm³/mol. The van der Waals surface area contributed by atoms with Crippen LogP contribution in [0.25, 0.3) is 22.2 Å². The summed E-state index contributed by atoms with van der Waals surface area (Å²) in [5, 5.41) is 15.8. The van der Waals surface area contributed by atoms with E-state index in [2.05, 4.69) is 10.6 Å². The quantitative estimate of drug-likeness (QED) is 0.168. The molecule has 1 unspecified atom stereocenters. The molecule has 0 spiro atoms. The molecule has 12 nitrogen and oxygen atoms in total. The summed E-state index contributed by atoms with van der Waals surface area (Å²) in [5.74, 6) is -0.921. The van der Waals surface area contributed by atoms with Gasteiger partial charge in [0.25, 0.3) is 0 Å². The molecule has 0 bridgehead atoms. The number of aliphatic carboxylic acids is 1. The molecule has 2 heterocycles. The summed E-state index contributed by atoms with van der Waals surface area (Å²) in [7, 11) is 1.58. The van der Waals surface area contributed by atoms with Crippen LogP contribution in [0.5, 0.6) is 11.5 Å². The smallest absolute Gasteiger partial charge is 0.408 e. The van der Waals surface area contributed by atoms with Crippen LogP contribution in [-0.4, -0.2) is 76.3 Å². The molecule has 3 atom stereocenters. The first-order chi connectivity index (χ1) is 24.5. The van der Waals surface area contributed by atoms with Crippen LogP contribution < -0.4 is 20.1 Å². The van der Waals surface area contributed by atoms with Crippen molar-refractivity contribution < 1.29 is 38.5 Å². The van der Waals surface area contributed by atoms with Crippen LogP contribution in [0.1, 0.15) is 53.5 Å². The van der Waals surface area contributed by atoms with Gasteiger partial charge in [0.15, 0.2) is 0 Å². The van der Waals surface area contributed by atoms with Gasteiger partial charge in [-0.25, -0.2) is 9.78 Å². The first-order valence-electron chi connectivity index (χ1n) is 17.1. The Morgan fingerprint density at radius 3 is 2.29 bits per heavy atom. The molecule has 3 amide bonds. The van der Waals surface area contributed by atoms with E-state index >= 15 is 0 Å². The second-order valence-electron chi connectivity index (χ2n) is 14.9. The number of hydrogen-bond donors (Lipinski definition) is 3. The Kier molecular flexibility index (Phi) is 11.1. The van der Waals surface area contributed by atoms with E-state index in [0.717, 1.165) is 5.56 Å². The van der Waals surface area contributed by atoms with E-state index in [1.54, 1.807) is 52.1 Å². The second-order valence-corrected chi connectivity index (χ2v) is 14.9. The summed E-state index contributed by atoms with van der Waals surface area (Å²) in [6.07, 6.45) is -1.59. The molecule has 52 heavy (non-hydrogen) atoms. The Hall–Kier alpha value is -5.65. The molecule has 0 radical (unpaired) electrons. The lowest BCUT2D eigenvalue weighted by Gasteiger charge is -2.35. The van der Waals surface area contributed by atoms with Gasteiger partial charge in [0, 0.05) is 35.2 Å². The molecule has 3 N–H and O–H groups in total. The molecule has 0 saturated carbocycles. The monoisotopic (exact) mass is 710 g/mol. The number of pyridine rings is 1. The molecule has 5 rings (SSSR count). The van der Waals surface area contributed by atoms with Crippen molar-refractivity contribution in [1.29, 1.82) is 0 Å². The van der Waals surface area contributed by atoms with Gasteiger partial charge >= 0.3 is 12.1 Å². The van der Waals surface area contributed by atoms with E-state index < -0.39 is 53.1 Å². The fraction of sp³-hybridized carbons (Fsp3) is 0.375. The molecule has 274 valence electrons. The Morgan fingerprint density at radius 2 is 1.63 bits per heavy atom. The standard InChI is InChI=1S/C40H46N4O8/c1-39(2,3)35(43-38(49)52-40(4,5)6)37(48)44-23-27(21-32(44)36(47)42-29-16-12-11-15-25(29)19-34(45)46)51-33-22-30(24-13-9-8-10-14-24)41-31-20-26(50-7)17-18-28(31)33/h8-18,20,22,27,32,35H,19,21,23H2,1-7H3,(H,42,47)(H,43,49)(H,45,46)/t27-,32?,35-/m1/s1. The highest BCUT2D eigenvalue weighted by Crippen LogP contribution is 2.35. The van der Waals surface area contributed by atoms with Gasteiger partial charge in [-0.05, 0) is 49.9 Å². The second kappa shape index (κ2) is 15.3. The number of alkyl carbamates (subject to hydrolysis) is 1. The van der Waals surface area contributed by atoms with E-state index in [1.165, 1.54) is 4.90 Å². The topological polar surface area (TPSA) is 156 Å². The van der Waals surface area contributed by atoms with Gasteiger partial charge in [0.2, 0.25) is 11.8 Å². The Bertz CT molecular complexity index is 1950. The van der Waals surface area contributed by atoms with Gasteiger partial charge in [-0.1, -0.05) is 69.3 Å². The first kappa shape index (κ1) is 37.6. The average molecular weight is 711 g/mol. The number of carbonyl (C=O) groups excluding carboxylic acids is 3. The highest BCUT2D eigenvalue weighted by Gasteiger charge is 2.46. The third-order valence-electron chi connectivity index (χ3n) is 8.58. The van der Waals surface area contributed by atoms with Gasteiger partial charge in [0.1, 0.15) is 35.3 Å². The predicted octanol–water partition coefficient (Wildman–Crippen LogP) is 6.46. The number of nitrogens with zero attached hydrogens (tertiary/aromatic N) is 2. The third kappa shape index (κ3) is 9.17. The number of likely N-dealkylation sites (tertiary alicyclic amines) is 1. The maximum absolute atomic E-state index is 14.5. The van der Waals surface area contributed by atoms with Gasteiger partial charge in [-0.2, -0.15) is 0 Å². The van der Waals surface area contributed by atoms with Crippen molar-refractivity contribution in [3.63, 3.8) is 0 Å². The van der Waals surface area contributed by atoms with Crippen LogP contribution in [-0.2, 0) is 25.5 Å². The van der Waals surface area contributed by atoms with Crippen LogP contribution in [0.15, 0.2) is 78.9 Å². The minimum Gasteiger partial charge on any atom is -0.497 e. The van der Waals surface area contributed by atoms with Crippen LogP contribution in [0.4, 0.5) is 10.5 Å². The number of rotatable bonds is 10. The van der Waals surface area contributed by atoms with Gasteiger partial charge in [-0.15, -0.1) is 0 Å². The number of anilines is 1. The maximum atomic E-state index is 14.5. The molecule has 1 aliphatic heterocycles. The van der Waals surface area contributed by atoms with Gasteiger partial charge in [-0.3, -0.25) is 14.4 Å². The van der Waals surface area contributed by atoms with Crippen LogP contribution in [0.2, 0.25) is 0 Å². The summed E-state index contributed by atoms with van der Waals surface area (Å²) < 4.78 is 17.6. The summed E-state index contributed by atoms with van der Waals surface area (Å²) in [6.45, 7) is 10.7. The van der Waals surface area contributed by atoms with Gasteiger partial charge < -0.3 is 34.9 Å². The zero-order valence-electron chi connectivity index (χ0n) is 30.6. The van der Waals surface area contributed by atoms with Crippen molar-refractivity contribution in [2.24, 2.45) is 5.41 Å². The highest BCUT2D eigenvalue weighted by atomic mass is 16.6. The number of carboxylic acids is 1. The lowest BCUT2D eigenvalue weighted by atomic mass is 9.85. The van der Waals surface area contributed by atoms with Crippen LogP contribution in [0, 0.1) is 5.41 Å². The van der Waals surface area contributed by atoms with Crippen molar-refractivity contribution >= 4 is 40.5 Å². The molecular formula is C40H46N4O8. The lowest BCUT2D eigenvalue weighted by molar-refractivity contribution is -0.140. The van der Waals surface area contributed by atoms with E-state index in [0.29, 0.717) is 39.3 Å². The molecule has 1 aliphatic rings. The van der Waals surface area contributed by atoms with E-state index in [9.17, 15) is 24.3 Å². The minimum absolute atomic E-state index is 0.0247. The maximum Gasteiger partial charge on any atom is 0.408 e. The molecular weight excluding hydrogens is 664 g/mol. The molecule has 12 heteroatoms. The number of carboxylic acid groups (broad SMARTS) is 1. The normalized spacial score (nSPS) is 16.6. The Morgan fingerprint density at radius 1 is 0.942 bits per heavy atom. The fourth-order valence-electron chi connectivity index (χ4n) is 6.13. The molecule has 1 saturated heterocycles. The number of hydrogen-bond acceptors (Lipinski definition) is 8. The molecule has 0 aliphatic carbocycles.